The Kier molecular flexibility index (Phi) is 3.89. The first-order valence-corrected chi connectivity index (χ1v) is 8.74. The van der Waals surface area contributed by atoms with Crippen molar-refractivity contribution in [2.24, 2.45) is 0 Å². The number of anilines is 1. The normalized spacial score (nSPS) is 20.6. The smallest absolute Gasteiger partial charge is 0.399 e. The van der Waals surface area contributed by atoms with Crippen LogP contribution in [0.1, 0.15) is 33.3 Å². The van der Waals surface area contributed by atoms with Gasteiger partial charge >= 0.3 is 7.12 Å². The van der Waals surface area contributed by atoms with Gasteiger partial charge in [0.15, 0.2) is 0 Å². The highest BCUT2D eigenvalue weighted by Crippen LogP contribution is 2.36. The summed E-state index contributed by atoms with van der Waals surface area (Å²) in [6, 6.07) is 5.46. The molecule has 21 heavy (non-hydrogen) atoms. The van der Waals surface area contributed by atoms with E-state index in [0.29, 0.717) is 5.69 Å². The van der Waals surface area contributed by atoms with Crippen molar-refractivity contribution in [3.63, 3.8) is 0 Å². The second kappa shape index (κ2) is 5.00. The van der Waals surface area contributed by atoms with Crippen molar-refractivity contribution in [3.8, 4) is 0 Å². The molecule has 0 saturated carbocycles. The largest absolute Gasteiger partial charge is 0.494 e. The highest BCUT2D eigenvalue weighted by molar-refractivity contribution is 7.92. The highest BCUT2D eigenvalue weighted by Gasteiger charge is 2.51. The number of sulfonamides is 1. The summed E-state index contributed by atoms with van der Waals surface area (Å²) in [4.78, 5) is 0. The van der Waals surface area contributed by atoms with Crippen LogP contribution in [0.5, 0.6) is 0 Å². The standard InChI is InChI=1S/C14H22BNO4S/c1-10-7-11(9-12(8-10)16-21(6,17)18)15-19-13(2,3)14(4,5)20-15/h7-9,16H,1-6H3. The summed E-state index contributed by atoms with van der Waals surface area (Å²) in [7, 11) is -3.82. The van der Waals surface area contributed by atoms with Crippen molar-refractivity contribution in [1.82, 2.24) is 0 Å². The first kappa shape index (κ1) is 16.3. The zero-order valence-electron chi connectivity index (χ0n) is 13.4. The minimum atomic E-state index is -3.31. The minimum absolute atomic E-state index is 0.425. The molecule has 1 saturated heterocycles. The molecule has 0 aliphatic carbocycles. The quantitative estimate of drug-likeness (QED) is 0.862. The molecule has 0 atom stereocenters. The lowest BCUT2D eigenvalue weighted by atomic mass is 9.78. The van der Waals surface area contributed by atoms with E-state index >= 15 is 0 Å². The summed E-state index contributed by atoms with van der Waals surface area (Å²) in [6.07, 6.45) is 1.13. The summed E-state index contributed by atoms with van der Waals surface area (Å²) in [5.41, 5.74) is 1.41. The van der Waals surface area contributed by atoms with Gasteiger partial charge in [0, 0.05) is 5.69 Å². The number of hydrogen-bond acceptors (Lipinski definition) is 4. The van der Waals surface area contributed by atoms with E-state index in [1.54, 1.807) is 12.1 Å². The van der Waals surface area contributed by atoms with E-state index in [4.69, 9.17) is 9.31 Å². The third-order valence-corrected chi connectivity index (χ3v) is 4.53. The molecule has 1 N–H and O–H groups in total. The third-order valence-electron chi connectivity index (χ3n) is 3.93. The second-order valence-corrected chi connectivity index (χ2v) is 8.34. The summed E-state index contributed by atoms with van der Waals surface area (Å²) in [5.74, 6) is 0. The van der Waals surface area contributed by atoms with Crippen LogP contribution in [0, 0.1) is 6.92 Å². The molecule has 0 radical (unpaired) electrons. The van der Waals surface area contributed by atoms with Crippen molar-refractivity contribution >= 4 is 28.3 Å². The second-order valence-electron chi connectivity index (χ2n) is 6.59. The fourth-order valence-electron chi connectivity index (χ4n) is 2.20. The van der Waals surface area contributed by atoms with Crippen LogP contribution >= 0.6 is 0 Å². The van der Waals surface area contributed by atoms with Crippen molar-refractivity contribution < 1.29 is 17.7 Å². The van der Waals surface area contributed by atoms with E-state index in [-0.39, 0.29) is 0 Å². The zero-order chi connectivity index (χ0) is 16.1. The molecule has 0 amide bonds. The Hall–Kier alpha value is -1.05. The number of hydrogen-bond donors (Lipinski definition) is 1. The number of aryl methyl sites for hydroxylation is 1. The van der Waals surface area contributed by atoms with Crippen LogP contribution < -0.4 is 10.2 Å². The minimum Gasteiger partial charge on any atom is -0.399 e. The SMILES string of the molecule is Cc1cc(NS(C)(=O)=O)cc(B2OC(C)(C)C(C)(C)O2)c1. The Balaban J connectivity index is 2.34. The van der Waals surface area contributed by atoms with E-state index < -0.39 is 28.3 Å². The van der Waals surface area contributed by atoms with Gasteiger partial charge in [0.1, 0.15) is 0 Å². The molecule has 1 heterocycles. The van der Waals surface area contributed by atoms with E-state index in [1.807, 2.05) is 40.7 Å². The molecule has 5 nitrogen and oxygen atoms in total. The van der Waals surface area contributed by atoms with Crippen LogP contribution in [-0.2, 0) is 19.3 Å². The summed E-state index contributed by atoms with van der Waals surface area (Å²) < 4.78 is 37.2. The van der Waals surface area contributed by atoms with Gasteiger partial charge in [0.2, 0.25) is 10.0 Å². The number of rotatable bonds is 3. The van der Waals surface area contributed by atoms with Crippen LogP contribution in [0.2, 0.25) is 0 Å². The predicted octanol–water partition coefficient (Wildman–Crippen LogP) is 1.67. The molecule has 0 aromatic heterocycles. The molecule has 7 heteroatoms. The monoisotopic (exact) mass is 311 g/mol. The fraction of sp³-hybridized carbons (Fsp3) is 0.571. The van der Waals surface area contributed by atoms with Crippen molar-refractivity contribution in [2.75, 3.05) is 11.0 Å². The Morgan fingerprint density at radius 2 is 1.57 bits per heavy atom. The average molecular weight is 311 g/mol. The van der Waals surface area contributed by atoms with Gasteiger partial charge in [0.25, 0.3) is 0 Å². The Labute approximate surface area is 127 Å². The molecule has 2 rings (SSSR count). The van der Waals surface area contributed by atoms with Gasteiger partial charge in [-0.1, -0.05) is 6.07 Å². The number of nitrogens with one attached hydrogen (secondary N) is 1. The van der Waals surface area contributed by atoms with Crippen molar-refractivity contribution in [1.29, 1.82) is 0 Å². The molecule has 1 aliphatic rings. The molecule has 0 spiro atoms. The lowest BCUT2D eigenvalue weighted by Crippen LogP contribution is -2.41. The molecular formula is C14H22BNO4S. The third kappa shape index (κ3) is 3.59. The van der Waals surface area contributed by atoms with Crippen molar-refractivity contribution in [2.45, 2.75) is 45.8 Å². The van der Waals surface area contributed by atoms with Gasteiger partial charge in [-0.3, -0.25) is 4.72 Å². The molecule has 1 aromatic carbocycles. The Bertz CT molecular complexity index is 639. The summed E-state index contributed by atoms with van der Waals surface area (Å²) in [6.45, 7) is 9.84. The van der Waals surface area contributed by atoms with E-state index in [0.717, 1.165) is 17.3 Å². The maximum Gasteiger partial charge on any atom is 0.494 e. The predicted molar refractivity (Wildman–Crippen MR) is 85.4 cm³/mol. The Morgan fingerprint density at radius 3 is 2.05 bits per heavy atom. The molecule has 1 aromatic rings. The van der Waals surface area contributed by atoms with Crippen LogP contribution in [-0.4, -0.2) is 33.0 Å². The van der Waals surface area contributed by atoms with Crippen molar-refractivity contribution in [3.05, 3.63) is 23.8 Å². The Morgan fingerprint density at radius 1 is 1.05 bits per heavy atom. The molecule has 1 aliphatic heterocycles. The van der Waals surface area contributed by atoms with Gasteiger partial charge in [-0.25, -0.2) is 8.42 Å². The van der Waals surface area contributed by atoms with E-state index in [9.17, 15) is 8.42 Å². The number of benzene rings is 1. The maximum atomic E-state index is 11.4. The molecular weight excluding hydrogens is 289 g/mol. The molecule has 0 bridgehead atoms. The highest BCUT2D eigenvalue weighted by atomic mass is 32.2. The van der Waals surface area contributed by atoms with Gasteiger partial charge < -0.3 is 9.31 Å². The zero-order valence-corrected chi connectivity index (χ0v) is 14.2. The van der Waals surface area contributed by atoms with Crippen LogP contribution in [0.4, 0.5) is 5.69 Å². The van der Waals surface area contributed by atoms with Crippen LogP contribution in [0.15, 0.2) is 18.2 Å². The average Bonchev–Trinajstić information content (AvgIpc) is 2.44. The molecule has 116 valence electrons. The molecule has 0 unspecified atom stereocenters. The van der Waals surface area contributed by atoms with E-state index in [1.165, 1.54) is 0 Å². The lowest BCUT2D eigenvalue weighted by Gasteiger charge is -2.32. The van der Waals surface area contributed by atoms with E-state index in [2.05, 4.69) is 4.72 Å². The van der Waals surface area contributed by atoms with Crippen LogP contribution in [0.25, 0.3) is 0 Å². The van der Waals surface area contributed by atoms with Gasteiger partial charge in [-0.15, -0.1) is 0 Å². The summed E-state index contributed by atoms with van der Waals surface area (Å²) in [5, 5.41) is 0. The summed E-state index contributed by atoms with van der Waals surface area (Å²) >= 11 is 0. The lowest BCUT2D eigenvalue weighted by molar-refractivity contribution is 0.00578. The maximum absolute atomic E-state index is 11.4. The topological polar surface area (TPSA) is 64.6 Å². The van der Waals surface area contributed by atoms with Gasteiger partial charge in [-0.2, -0.15) is 0 Å². The first-order chi connectivity index (χ1) is 9.40. The van der Waals surface area contributed by atoms with Crippen LogP contribution in [0.3, 0.4) is 0 Å². The first-order valence-electron chi connectivity index (χ1n) is 6.85. The van der Waals surface area contributed by atoms with Gasteiger partial charge in [0.05, 0.1) is 17.5 Å². The fourth-order valence-corrected chi connectivity index (χ4v) is 2.75. The van der Waals surface area contributed by atoms with Gasteiger partial charge in [-0.05, 0) is 57.8 Å². The molecule has 1 fully saturated rings.